The Balaban J connectivity index is 2.52. The van der Waals surface area contributed by atoms with Crippen molar-refractivity contribution in [2.24, 2.45) is 5.92 Å². The standard InChI is InChI=1S/C19H24N4O5S/c1-10(2)9-23-16(25)13-7-6-12(17(26)28-5)8-14(13)21-19(23)29-11(3)15(24)22-18(27)20-4/h6-8,10-11H,9H2,1-5H3,(H2,20,22,24,27). The first-order chi connectivity index (χ1) is 13.7. The van der Waals surface area contributed by atoms with E-state index in [2.05, 4.69) is 15.6 Å². The molecular weight excluding hydrogens is 396 g/mol. The van der Waals surface area contributed by atoms with Gasteiger partial charge in [-0.15, -0.1) is 0 Å². The van der Waals surface area contributed by atoms with Crippen LogP contribution >= 0.6 is 11.8 Å². The molecule has 0 saturated carbocycles. The number of benzene rings is 1. The Labute approximate surface area is 172 Å². The molecule has 29 heavy (non-hydrogen) atoms. The molecule has 0 radical (unpaired) electrons. The van der Waals surface area contributed by atoms with E-state index in [1.54, 1.807) is 13.0 Å². The molecule has 156 valence electrons. The summed E-state index contributed by atoms with van der Waals surface area (Å²) in [5.41, 5.74) is 0.343. The second kappa shape index (κ2) is 9.55. The van der Waals surface area contributed by atoms with Gasteiger partial charge in [-0.25, -0.2) is 14.6 Å². The van der Waals surface area contributed by atoms with Gasteiger partial charge in [0.05, 0.1) is 28.8 Å². The zero-order valence-electron chi connectivity index (χ0n) is 16.9. The fourth-order valence-electron chi connectivity index (χ4n) is 2.55. The third-order valence-corrected chi connectivity index (χ3v) is 5.09. The predicted molar refractivity (Wildman–Crippen MR) is 110 cm³/mol. The van der Waals surface area contributed by atoms with Crippen LogP contribution < -0.4 is 16.2 Å². The zero-order valence-corrected chi connectivity index (χ0v) is 17.8. The fourth-order valence-corrected chi connectivity index (χ4v) is 3.47. The van der Waals surface area contributed by atoms with Gasteiger partial charge in [-0.3, -0.25) is 19.5 Å². The minimum atomic E-state index is -0.682. The third-order valence-electron chi connectivity index (χ3n) is 4.00. The van der Waals surface area contributed by atoms with Crippen molar-refractivity contribution in [2.45, 2.75) is 37.7 Å². The summed E-state index contributed by atoms with van der Waals surface area (Å²) in [4.78, 5) is 53.0. The smallest absolute Gasteiger partial charge is 0.337 e. The number of carbonyl (C=O) groups is 3. The first-order valence-corrected chi connectivity index (χ1v) is 9.88. The Morgan fingerprint density at radius 2 is 1.93 bits per heavy atom. The number of urea groups is 1. The Kier molecular flexibility index (Phi) is 7.38. The Bertz CT molecular complexity index is 1000. The fraction of sp³-hybridized carbons (Fsp3) is 0.421. The number of methoxy groups -OCH3 is 1. The van der Waals surface area contributed by atoms with Crippen LogP contribution in [0.4, 0.5) is 4.79 Å². The van der Waals surface area contributed by atoms with Crippen LogP contribution in [0.3, 0.4) is 0 Å². The minimum Gasteiger partial charge on any atom is -0.465 e. The van der Waals surface area contributed by atoms with E-state index in [-0.39, 0.29) is 17.0 Å². The molecule has 9 nitrogen and oxygen atoms in total. The molecule has 2 N–H and O–H groups in total. The first kappa shape index (κ1) is 22.4. The Morgan fingerprint density at radius 3 is 2.52 bits per heavy atom. The van der Waals surface area contributed by atoms with E-state index >= 15 is 0 Å². The number of fused-ring (bicyclic) bond motifs is 1. The molecule has 2 aromatic rings. The topological polar surface area (TPSA) is 119 Å². The van der Waals surface area contributed by atoms with E-state index in [0.717, 1.165) is 11.8 Å². The molecule has 1 unspecified atom stereocenters. The summed E-state index contributed by atoms with van der Waals surface area (Å²) in [5.74, 6) is -0.883. The van der Waals surface area contributed by atoms with Gasteiger partial charge in [-0.2, -0.15) is 0 Å². The number of nitrogens with zero attached hydrogens (tertiary/aromatic N) is 2. The van der Waals surface area contributed by atoms with Crippen molar-refractivity contribution in [3.8, 4) is 0 Å². The number of esters is 1. The molecule has 1 atom stereocenters. The molecule has 1 aromatic heterocycles. The molecule has 0 bridgehead atoms. The van der Waals surface area contributed by atoms with Gasteiger partial charge in [0, 0.05) is 13.6 Å². The van der Waals surface area contributed by atoms with Crippen LogP contribution in [-0.4, -0.2) is 46.9 Å². The highest BCUT2D eigenvalue weighted by atomic mass is 32.2. The van der Waals surface area contributed by atoms with Gasteiger partial charge >= 0.3 is 12.0 Å². The van der Waals surface area contributed by atoms with E-state index in [9.17, 15) is 19.2 Å². The van der Waals surface area contributed by atoms with Crippen LogP contribution in [0, 0.1) is 5.92 Å². The lowest BCUT2D eigenvalue weighted by molar-refractivity contribution is -0.119. The molecule has 1 aromatic carbocycles. The average Bonchev–Trinajstić information content (AvgIpc) is 2.69. The molecule has 0 spiro atoms. The van der Waals surface area contributed by atoms with Crippen LogP contribution in [0.1, 0.15) is 31.1 Å². The molecule has 0 fully saturated rings. The monoisotopic (exact) mass is 420 g/mol. The van der Waals surface area contributed by atoms with Crippen LogP contribution in [0.25, 0.3) is 10.9 Å². The van der Waals surface area contributed by atoms with Crippen LogP contribution in [0.5, 0.6) is 0 Å². The molecule has 2 rings (SSSR count). The highest BCUT2D eigenvalue weighted by Crippen LogP contribution is 2.24. The van der Waals surface area contributed by atoms with Gasteiger partial charge in [-0.1, -0.05) is 25.6 Å². The number of amides is 3. The lowest BCUT2D eigenvalue weighted by Gasteiger charge is -2.17. The van der Waals surface area contributed by atoms with Crippen molar-refractivity contribution in [1.29, 1.82) is 0 Å². The van der Waals surface area contributed by atoms with E-state index in [0.29, 0.717) is 22.6 Å². The van der Waals surface area contributed by atoms with E-state index in [1.807, 2.05) is 13.8 Å². The van der Waals surface area contributed by atoms with Crippen molar-refractivity contribution >= 4 is 40.6 Å². The maximum absolute atomic E-state index is 13.0. The maximum Gasteiger partial charge on any atom is 0.337 e. The van der Waals surface area contributed by atoms with Crippen molar-refractivity contribution in [1.82, 2.24) is 20.2 Å². The van der Waals surface area contributed by atoms with Crippen molar-refractivity contribution < 1.29 is 19.1 Å². The van der Waals surface area contributed by atoms with Gasteiger partial charge < -0.3 is 10.1 Å². The Hall–Kier alpha value is -2.88. The minimum absolute atomic E-state index is 0.163. The second-order valence-corrected chi connectivity index (χ2v) is 8.06. The largest absolute Gasteiger partial charge is 0.465 e. The number of hydrogen-bond donors (Lipinski definition) is 2. The average molecular weight is 420 g/mol. The number of ether oxygens (including phenoxy) is 1. The molecule has 0 saturated heterocycles. The van der Waals surface area contributed by atoms with Crippen LogP contribution in [-0.2, 0) is 16.1 Å². The highest BCUT2D eigenvalue weighted by molar-refractivity contribution is 8.00. The van der Waals surface area contributed by atoms with E-state index < -0.39 is 23.2 Å². The number of aromatic nitrogens is 2. The summed E-state index contributed by atoms with van der Waals surface area (Å²) in [7, 11) is 2.68. The molecule has 10 heteroatoms. The maximum atomic E-state index is 13.0. The highest BCUT2D eigenvalue weighted by Gasteiger charge is 2.21. The van der Waals surface area contributed by atoms with Crippen molar-refractivity contribution in [3.63, 3.8) is 0 Å². The molecule has 0 aliphatic rings. The summed E-state index contributed by atoms with van der Waals surface area (Å²) < 4.78 is 6.23. The number of hydrogen-bond acceptors (Lipinski definition) is 7. The summed E-state index contributed by atoms with van der Waals surface area (Å²) in [6.45, 7) is 5.96. The third kappa shape index (κ3) is 5.35. The normalized spacial score (nSPS) is 11.9. The van der Waals surface area contributed by atoms with Gasteiger partial charge in [0.15, 0.2) is 5.16 Å². The van der Waals surface area contributed by atoms with Gasteiger partial charge in [0.1, 0.15) is 0 Å². The lowest BCUT2D eigenvalue weighted by atomic mass is 10.1. The number of nitrogens with one attached hydrogen (secondary N) is 2. The molecular formula is C19H24N4O5S. The van der Waals surface area contributed by atoms with E-state index in [4.69, 9.17) is 4.74 Å². The summed E-state index contributed by atoms with van der Waals surface area (Å²) in [6.07, 6.45) is 0. The molecule has 3 amide bonds. The second-order valence-electron chi connectivity index (χ2n) is 6.76. The SMILES string of the molecule is CNC(=O)NC(=O)C(C)Sc1nc2cc(C(=O)OC)ccc2c(=O)n1CC(C)C. The number of imide groups is 1. The summed E-state index contributed by atoms with van der Waals surface area (Å²) in [6, 6.07) is 3.94. The Morgan fingerprint density at radius 1 is 1.24 bits per heavy atom. The van der Waals surface area contributed by atoms with Gasteiger partial charge in [0.2, 0.25) is 5.91 Å². The van der Waals surface area contributed by atoms with Crippen LogP contribution in [0.2, 0.25) is 0 Å². The quantitative estimate of drug-likeness (QED) is 0.415. The molecule has 1 heterocycles. The van der Waals surface area contributed by atoms with Crippen LogP contribution in [0.15, 0.2) is 28.2 Å². The zero-order chi connectivity index (χ0) is 21.7. The van der Waals surface area contributed by atoms with Gasteiger partial charge in [-0.05, 0) is 31.0 Å². The number of thioether (sulfide) groups is 1. The van der Waals surface area contributed by atoms with Crippen molar-refractivity contribution in [3.05, 3.63) is 34.1 Å². The summed E-state index contributed by atoms with van der Waals surface area (Å²) in [5, 5.41) is 4.54. The number of rotatable bonds is 6. The van der Waals surface area contributed by atoms with Gasteiger partial charge in [0.25, 0.3) is 5.56 Å². The lowest BCUT2D eigenvalue weighted by Crippen LogP contribution is -2.41. The summed E-state index contributed by atoms with van der Waals surface area (Å²) >= 11 is 1.07. The van der Waals surface area contributed by atoms with Crippen molar-refractivity contribution in [2.75, 3.05) is 14.2 Å². The predicted octanol–water partition coefficient (Wildman–Crippen LogP) is 1.78. The number of carbonyl (C=O) groups excluding carboxylic acids is 3. The first-order valence-electron chi connectivity index (χ1n) is 9.00. The molecule has 0 aliphatic carbocycles. The molecule has 0 aliphatic heterocycles. The van der Waals surface area contributed by atoms with E-state index in [1.165, 1.54) is 30.9 Å².